The number of rotatable bonds is 4. The highest BCUT2D eigenvalue weighted by molar-refractivity contribution is 7.91. The van der Waals surface area contributed by atoms with Crippen LogP contribution in [0.3, 0.4) is 0 Å². The number of carbonyl (C=O) groups is 1. The van der Waals surface area contributed by atoms with Crippen molar-refractivity contribution < 1.29 is 30.8 Å². The van der Waals surface area contributed by atoms with Gasteiger partial charge in [-0.05, 0) is 55.8 Å². The average Bonchev–Trinajstić information content (AvgIpc) is 3.52. The van der Waals surface area contributed by atoms with E-state index in [1.165, 1.54) is 29.1 Å². The average molecular weight is 504 g/mol. The van der Waals surface area contributed by atoms with Crippen LogP contribution in [0.15, 0.2) is 53.1 Å². The van der Waals surface area contributed by atoms with Gasteiger partial charge in [0.15, 0.2) is 21.2 Å². The minimum atomic E-state index is -4.49. The Balaban J connectivity index is 1.59. The second kappa shape index (κ2) is 8.22. The van der Waals surface area contributed by atoms with Crippen molar-refractivity contribution in [3.05, 3.63) is 65.5 Å². The number of carbonyl (C=O) groups excluding carboxylic acids is 1. The second-order valence-electron chi connectivity index (χ2n) is 8.35. The summed E-state index contributed by atoms with van der Waals surface area (Å²) in [5, 5.41) is 7.55. The summed E-state index contributed by atoms with van der Waals surface area (Å²) in [4.78, 5) is 17.9. The van der Waals surface area contributed by atoms with E-state index in [-0.39, 0.29) is 22.8 Å². The Kier molecular flexibility index (Phi) is 5.42. The maximum absolute atomic E-state index is 13.3. The quantitative estimate of drug-likeness (QED) is 0.434. The molecular weight excluding hydrogens is 485 g/mol. The number of hydrogen-bond acceptors (Lipinski definition) is 6. The molecule has 182 valence electrons. The summed E-state index contributed by atoms with van der Waals surface area (Å²) in [6, 6.07) is 8.53. The summed E-state index contributed by atoms with van der Waals surface area (Å²) in [7, 11) is -3.20. The number of anilines is 1. The molecular formula is C23H19F3N4O4S. The van der Waals surface area contributed by atoms with Gasteiger partial charge in [-0.15, -0.1) is 0 Å². The van der Waals surface area contributed by atoms with Crippen LogP contribution >= 0.6 is 0 Å². The highest BCUT2D eigenvalue weighted by Crippen LogP contribution is 2.33. The van der Waals surface area contributed by atoms with Crippen molar-refractivity contribution in [3.8, 4) is 11.5 Å². The number of nitrogens with zero attached hydrogens (tertiary/aromatic N) is 3. The second-order valence-corrected chi connectivity index (χ2v) is 10.6. The van der Waals surface area contributed by atoms with E-state index in [1.807, 2.05) is 0 Å². The monoisotopic (exact) mass is 504 g/mol. The van der Waals surface area contributed by atoms with Gasteiger partial charge in [0.1, 0.15) is 5.69 Å². The van der Waals surface area contributed by atoms with Crippen molar-refractivity contribution >= 4 is 32.5 Å². The van der Waals surface area contributed by atoms with Gasteiger partial charge in [-0.3, -0.25) is 4.79 Å². The van der Waals surface area contributed by atoms with Gasteiger partial charge in [-0.1, -0.05) is 0 Å². The molecule has 0 bridgehead atoms. The van der Waals surface area contributed by atoms with Gasteiger partial charge in [0.2, 0.25) is 0 Å². The molecule has 0 radical (unpaired) electrons. The number of sulfone groups is 1. The molecule has 1 N–H and O–H groups in total. The Hall–Kier alpha value is -3.67. The van der Waals surface area contributed by atoms with Gasteiger partial charge in [0.05, 0.1) is 46.0 Å². The van der Waals surface area contributed by atoms with Crippen molar-refractivity contribution in [2.75, 3.05) is 16.8 Å². The molecule has 0 aliphatic carbocycles. The Morgan fingerprint density at radius 1 is 1.20 bits per heavy atom. The first-order valence-corrected chi connectivity index (χ1v) is 12.5. The van der Waals surface area contributed by atoms with Crippen LogP contribution in [-0.2, 0) is 16.0 Å². The third-order valence-corrected chi connectivity index (χ3v) is 7.63. The first-order chi connectivity index (χ1) is 16.5. The molecule has 3 aromatic heterocycles. The van der Waals surface area contributed by atoms with E-state index in [2.05, 4.69) is 15.4 Å². The highest BCUT2D eigenvalue weighted by atomic mass is 32.2. The molecule has 8 nitrogen and oxygen atoms in total. The molecule has 1 aliphatic rings. The molecule has 4 aromatic rings. The number of fused-ring (bicyclic) bond motifs is 1. The van der Waals surface area contributed by atoms with Gasteiger partial charge in [-0.2, -0.15) is 18.3 Å². The summed E-state index contributed by atoms with van der Waals surface area (Å²) >= 11 is 0. The van der Waals surface area contributed by atoms with Gasteiger partial charge < -0.3 is 9.73 Å². The maximum Gasteiger partial charge on any atom is 0.416 e. The molecule has 1 aromatic carbocycles. The Morgan fingerprint density at radius 2 is 1.94 bits per heavy atom. The van der Waals surface area contributed by atoms with Crippen molar-refractivity contribution in [1.29, 1.82) is 0 Å². The van der Waals surface area contributed by atoms with Gasteiger partial charge in [0.25, 0.3) is 5.91 Å². The molecule has 0 spiro atoms. The van der Waals surface area contributed by atoms with Crippen LogP contribution in [0, 0.1) is 6.92 Å². The maximum atomic E-state index is 13.3. The lowest BCUT2D eigenvalue weighted by atomic mass is 10.1. The molecule has 12 heteroatoms. The molecule has 35 heavy (non-hydrogen) atoms. The third kappa shape index (κ3) is 4.41. The number of halogens is 3. The molecule has 5 rings (SSSR count). The molecule has 1 aliphatic heterocycles. The Labute approximate surface area is 197 Å². The molecule has 0 saturated carbocycles. The van der Waals surface area contributed by atoms with Crippen molar-refractivity contribution in [1.82, 2.24) is 14.8 Å². The van der Waals surface area contributed by atoms with Gasteiger partial charge >= 0.3 is 6.18 Å². The minimum Gasteiger partial charge on any atom is -0.463 e. The Morgan fingerprint density at radius 3 is 2.54 bits per heavy atom. The van der Waals surface area contributed by atoms with Crippen molar-refractivity contribution in [3.63, 3.8) is 0 Å². The fourth-order valence-electron chi connectivity index (χ4n) is 4.21. The fourth-order valence-corrected chi connectivity index (χ4v) is 5.90. The molecule has 1 unspecified atom stereocenters. The summed E-state index contributed by atoms with van der Waals surface area (Å²) in [5.74, 6) is -0.230. The van der Waals surface area contributed by atoms with Crippen LogP contribution in [-0.4, -0.2) is 40.6 Å². The molecule has 4 heterocycles. The normalized spacial score (nSPS) is 17.7. The molecule has 1 atom stereocenters. The number of nitrogens with one attached hydrogen (secondary N) is 1. The lowest BCUT2D eigenvalue weighted by molar-refractivity contribution is -0.137. The van der Waals surface area contributed by atoms with Crippen LogP contribution in [0.5, 0.6) is 0 Å². The zero-order valence-electron chi connectivity index (χ0n) is 18.3. The largest absolute Gasteiger partial charge is 0.463 e. The van der Waals surface area contributed by atoms with Crippen molar-refractivity contribution in [2.45, 2.75) is 25.6 Å². The number of hydrogen-bond donors (Lipinski definition) is 1. The summed E-state index contributed by atoms with van der Waals surface area (Å²) in [6.45, 7) is 1.69. The number of aryl methyl sites for hydroxylation is 1. The van der Waals surface area contributed by atoms with E-state index < -0.39 is 33.5 Å². The van der Waals surface area contributed by atoms with E-state index in [9.17, 15) is 26.4 Å². The molecule has 1 fully saturated rings. The Bertz CT molecular complexity index is 1530. The molecule has 1 saturated heterocycles. The number of pyridine rings is 1. The number of furan rings is 1. The van der Waals surface area contributed by atoms with Crippen LogP contribution in [0.1, 0.15) is 34.1 Å². The first-order valence-electron chi connectivity index (χ1n) is 10.6. The lowest BCUT2D eigenvalue weighted by Gasteiger charge is -2.12. The third-order valence-electron chi connectivity index (χ3n) is 5.88. The predicted octanol–water partition coefficient (Wildman–Crippen LogP) is 4.63. The van der Waals surface area contributed by atoms with E-state index in [4.69, 9.17) is 4.42 Å². The van der Waals surface area contributed by atoms with Crippen LogP contribution in [0.25, 0.3) is 22.5 Å². The van der Waals surface area contributed by atoms with Gasteiger partial charge in [0, 0.05) is 5.69 Å². The highest BCUT2D eigenvalue weighted by Gasteiger charge is 2.33. The number of amides is 1. The SMILES string of the molecule is Cc1nn(C2CCS(=O)(=O)C2)c2nc(-c3ccco3)cc(C(=O)Nc3ccc(C(F)(F)F)cc3)c12. The van der Waals surface area contributed by atoms with Crippen molar-refractivity contribution in [2.24, 2.45) is 0 Å². The van der Waals surface area contributed by atoms with Crippen LogP contribution < -0.4 is 5.32 Å². The number of alkyl halides is 3. The van der Waals surface area contributed by atoms with E-state index in [0.717, 1.165) is 12.1 Å². The zero-order chi connectivity index (χ0) is 25.0. The topological polar surface area (TPSA) is 107 Å². The van der Waals surface area contributed by atoms with E-state index in [0.29, 0.717) is 34.6 Å². The number of aromatic nitrogens is 3. The predicted molar refractivity (Wildman–Crippen MR) is 122 cm³/mol. The summed E-state index contributed by atoms with van der Waals surface area (Å²) in [6.07, 6.45) is -2.66. The lowest BCUT2D eigenvalue weighted by Crippen LogP contribution is -2.15. The van der Waals surface area contributed by atoms with E-state index >= 15 is 0 Å². The smallest absolute Gasteiger partial charge is 0.416 e. The standard InChI is InChI=1S/C23H19F3N4O4S/c1-13-20-17(22(31)27-15-6-4-14(5-7-15)23(24,25)26)11-18(19-3-2-9-34-19)28-21(20)30(29-13)16-8-10-35(32,33)12-16/h2-7,9,11,16H,8,10,12H2,1H3,(H,27,31). The van der Waals surface area contributed by atoms with Crippen LogP contribution in [0.4, 0.5) is 18.9 Å². The summed E-state index contributed by atoms with van der Waals surface area (Å²) < 4.78 is 69.7. The summed E-state index contributed by atoms with van der Waals surface area (Å²) in [5.41, 5.74) is 0.675. The van der Waals surface area contributed by atoms with Crippen LogP contribution in [0.2, 0.25) is 0 Å². The number of benzene rings is 1. The fraction of sp³-hybridized carbons (Fsp3) is 0.261. The first kappa shape index (κ1) is 23.1. The molecule has 1 amide bonds. The minimum absolute atomic E-state index is 0.0389. The van der Waals surface area contributed by atoms with E-state index in [1.54, 1.807) is 19.1 Å². The van der Waals surface area contributed by atoms with Gasteiger partial charge in [-0.25, -0.2) is 18.1 Å². The zero-order valence-corrected chi connectivity index (χ0v) is 19.2.